The molecule has 2 heterocycles. The van der Waals surface area contributed by atoms with Crippen LogP contribution in [0.25, 0.3) is 11.3 Å². The van der Waals surface area contributed by atoms with Gasteiger partial charge >= 0.3 is 5.97 Å². The van der Waals surface area contributed by atoms with Gasteiger partial charge in [-0.15, -0.1) is 10.2 Å². The molecular weight excluding hydrogens is 488 g/mol. The first-order valence-electron chi connectivity index (χ1n) is 10.6. The first kappa shape index (κ1) is 22.9. The summed E-state index contributed by atoms with van der Waals surface area (Å²) in [5.74, 6) is 0.285. The Morgan fingerprint density at radius 3 is 2.66 bits per heavy atom. The highest BCUT2D eigenvalue weighted by Gasteiger charge is 2.28. The Morgan fingerprint density at radius 2 is 1.83 bits per heavy atom. The monoisotopic (exact) mass is 506 g/mol. The van der Waals surface area contributed by atoms with Crippen LogP contribution in [0, 0.1) is 0 Å². The van der Waals surface area contributed by atoms with Gasteiger partial charge in [0.2, 0.25) is 17.3 Å². The van der Waals surface area contributed by atoms with Crippen LogP contribution in [0.15, 0.2) is 78.0 Å². The van der Waals surface area contributed by atoms with E-state index in [9.17, 15) is 4.79 Å². The molecule has 1 aliphatic rings. The number of hydrogen-bond donors (Lipinski definition) is 2. The van der Waals surface area contributed by atoms with E-state index in [-0.39, 0.29) is 0 Å². The van der Waals surface area contributed by atoms with Crippen molar-refractivity contribution in [3.8, 4) is 22.9 Å². The number of ether oxygens (including phenoxy) is 2. The van der Waals surface area contributed by atoms with E-state index in [0.29, 0.717) is 38.8 Å². The molecule has 176 valence electrons. The van der Waals surface area contributed by atoms with Crippen molar-refractivity contribution in [3.05, 3.63) is 88.9 Å². The van der Waals surface area contributed by atoms with E-state index in [0.717, 1.165) is 16.8 Å². The Balaban J connectivity index is 1.48. The van der Waals surface area contributed by atoms with Gasteiger partial charge in [0.1, 0.15) is 5.75 Å². The van der Waals surface area contributed by atoms with Gasteiger partial charge in [-0.25, -0.2) is 4.79 Å². The fraction of sp³-hybridized carbons (Fsp3) is 0.120. The number of nitrogens with one attached hydrogen (secondary N) is 1. The number of aliphatic carboxylic acids is 1. The fourth-order valence-corrected chi connectivity index (χ4v) is 4.41. The molecule has 1 aromatic heterocycles. The predicted octanol–water partition coefficient (Wildman–Crippen LogP) is 5.45. The second-order valence-corrected chi connectivity index (χ2v) is 8.95. The normalized spacial score (nSPS) is 14.0. The maximum Gasteiger partial charge on any atom is 0.341 e. The summed E-state index contributed by atoms with van der Waals surface area (Å²) in [6.07, 6.45) is -0.701. The number of para-hydroxylation sites is 2. The molecule has 0 radical (unpaired) electrons. The Bertz CT molecular complexity index is 1370. The number of carbonyl (C=O) groups is 1. The van der Waals surface area contributed by atoms with Crippen LogP contribution < -0.4 is 14.8 Å². The molecule has 35 heavy (non-hydrogen) atoms. The van der Waals surface area contributed by atoms with Crippen LogP contribution in [0.4, 0.5) is 5.69 Å². The molecule has 4 aromatic rings. The number of fused-ring (bicyclic) bond motifs is 3. The average Bonchev–Trinajstić information content (AvgIpc) is 3.04. The second-order valence-electron chi connectivity index (χ2n) is 7.57. The molecule has 5 rings (SSSR count). The molecule has 2 N–H and O–H groups in total. The van der Waals surface area contributed by atoms with Gasteiger partial charge in [-0.1, -0.05) is 65.8 Å². The zero-order valence-corrected chi connectivity index (χ0v) is 19.8. The summed E-state index contributed by atoms with van der Waals surface area (Å²) in [5.41, 5.74) is 3.79. The SMILES string of the molecule is O=C(O)COc1ccccc1[C@@H]1Nc2ccccc2-c2nnc(SCc3ccc(Cl)cc3)nc2O1. The van der Waals surface area contributed by atoms with Crippen LogP contribution >= 0.6 is 23.4 Å². The molecule has 0 unspecified atom stereocenters. The number of thioether (sulfide) groups is 1. The van der Waals surface area contributed by atoms with E-state index in [1.54, 1.807) is 12.1 Å². The van der Waals surface area contributed by atoms with E-state index in [1.165, 1.54) is 11.8 Å². The van der Waals surface area contributed by atoms with Crippen molar-refractivity contribution in [2.45, 2.75) is 17.1 Å². The summed E-state index contributed by atoms with van der Waals surface area (Å²) in [7, 11) is 0. The number of anilines is 1. The van der Waals surface area contributed by atoms with E-state index < -0.39 is 18.8 Å². The summed E-state index contributed by atoms with van der Waals surface area (Å²) in [5, 5.41) is 22.3. The number of rotatable bonds is 7. The first-order chi connectivity index (χ1) is 17.1. The van der Waals surface area contributed by atoms with Crippen LogP contribution in [-0.2, 0) is 10.5 Å². The Labute approximate surface area is 210 Å². The molecule has 0 bridgehead atoms. The van der Waals surface area contributed by atoms with Crippen molar-refractivity contribution in [2.75, 3.05) is 11.9 Å². The topological polar surface area (TPSA) is 106 Å². The Morgan fingerprint density at radius 1 is 1.06 bits per heavy atom. The Kier molecular flexibility index (Phi) is 6.69. The number of benzene rings is 3. The standard InChI is InChI=1S/C25H19ClN4O4S/c26-16-11-9-15(10-12-16)14-35-25-28-24-22(29-30-25)17-5-1-3-7-19(17)27-23(34-24)18-6-2-4-8-20(18)33-13-21(31)32/h1-12,23,27H,13-14H2,(H,31,32)/t23-/m1/s1. The molecule has 8 nitrogen and oxygen atoms in total. The molecule has 0 fully saturated rings. The van der Waals surface area contributed by atoms with Crippen molar-refractivity contribution in [3.63, 3.8) is 0 Å². The summed E-state index contributed by atoms with van der Waals surface area (Å²) >= 11 is 7.41. The van der Waals surface area contributed by atoms with E-state index in [2.05, 4.69) is 20.5 Å². The molecule has 10 heteroatoms. The van der Waals surface area contributed by atoms with Gasteiger partial charge in [-0.05, 0) is 35.9 Å². The van der Waals surface area contributed by atoms with Crippen molar-refractivity contribution in [1.82, 2.24) is 15.2 Å². The van der Waals surface area contributed by atoms with E-state index in [4.69, 9.17) is 26.2 Å². The number of hydrogen-bond acceptors (Lipinski definition) is 8. The van der Waals surface area contributed by atoms with Crippen LogP contribution in [0.2, 0.25) is 5.02 Å². The molecule has 0 amide bonds. The van der Waals surface area contributed by atoms with Gasteiger partial charge in [-0.3, -0.25) is 0 Å². The predicted molar refractivity (Wildman–Crippen MR) is 133 cm³/mol. The van der Waals surface area contributed by atoms with Crippen LogP contribution in [-0.4, -0.2) is 32.9 Å². The largest absolute Gasteiger partial charge is 0.481 e. The average molecular weight is 507 g/mol. The molecule has 0 saturated heterocycles. The zero-order valence-electron chi connectivity index (χ0n) is 18.2. The molecule has 1 atom stereocenters. The number of aromatic nitrogens is 3. The molecule has 0 aliphatic carbocycles. The second kappa shape index (κ2) is 10.2. The third-order valence-electron chi connectivity index (χ3n) is 5.17. The lowest BCUT2D eigenvalue weighted by Crippen LogP contribution is -2.19. The van der Waals surface area contributed by atoms with E-state index >= 15 is 0 Å². The minimum Gasteiger partial charge on any atom is -0.481 e. The maximum atomic E-state index is 11.1. The fourth-order valence-electron chi connectivity index (χ4n) is 3.55. The minimum atomic E-state index is -1.07. The van der Waals surface area contributed by atoms with Gasteiger partial charge in [0.25, 0.3) is 0 Å². The van der Waals surface area contributed by atoms with E-state index in [1.807, 2.05) is 60.7 Å². The summed E-state index contributed by atoms with van der Waals surface area (Å²) in [6.45, 7) is -0.466. The van der Waals surface area contributed by atoms with Crippen molar-refractivity contribution in [1.29, 1.82) is 0 Å². The molecular formula is C25H19ClN4O4S. The maximum absolute atomic E-state index is 11.1. The quantitative estimate of drug-likeness (QED) is 0.316. The third-order valence-corrected chi connectivity index (χ3v) is 6.33. The Hall–Kier alpha value is -3.82. The van der Waals surface area contributed by atoms with Crippen LogP contribution in [0.1, 0.15) is 17.4 Å². The smallest absolute Gasteiger partial charge is 0.341 e. The van der Waals surface area contributed by atoms with Gasteiger partial charge in [0.05, 0.1) is 5.56 Å². The summed E-state index contributed by atoms with van der Waals surface area (Å²) in [4.78, 5) is 15.7. The summed E-state index contributed by atoms with van der Waals surface area (Å²) in [6, 6.07) is 22.3. The molecule has 1 aliphatic heterocycles. The van der Waals surface area contributed by atoms with Crippen molar-refractivity contribution >= 4 is 35.0 Å². The van der Waals surface area contributed by atoms with Gasteiger partial charge < -0.3 is 19.9 Å². The highest BCUT2D eigenvalue weighted by Crippen LogP contribution is 2.41. The third kappa shape index (κ3) is 5.31. The van der Waals surface area contributed by atoms with Crippen molar-refractivity contribution in [2.24, 2.45) is 0 Å². The highest BCUT2D eigenvalue weighted by atomic mass is 35.5. The molecule has 3 aromatic carbocycles. The minimum absolute atomic E-state index is 0.314. The molecule has 0 saturated carbocycles. The van der Waals surface area contributed by atoms with Gasteiger partial charge in [0, 0.05) is 22.0 Å². The number of carboxylic acid groups (broad SMARTS) is 1. The molecule has 0 spiro atoms. The van der Waals surface area contributed by atoms with Crippen molar-refractivity contribution < 1.29 is 19.4 Å². The number of carboxylic acids is 1. The lowest BCUT2D eigenvalue weighted by molar-refractivity contribution is -0.139. The lowest BCUT2D eigenvalue weighted by Gasteiger charge is -2.21. The summed E-state index contributed by atoms with van der Waals surface area (Å²) < 4.78 is 11.8. The lowest BCUT2D eigenvalue weighted by atomic mass is 10.1. The highest BCUT2D eigenvalue weighted by molar-refractivity contribution is 7.98. The van der Waals surface area contributed by atoms with Crippen LogP contribution in [0.3, 0.4) is 0 Å². The zero-order chi connectivity index (χ0) is 24.2. The number of nitrogens with zero attached hydrogens (tertiary/aromatic N) is 3. The first-order valence-corrected chi connectivity index (χ1v) is 12.0. The van der Waals surface area contributed by atoms with Crippen LogP contribution in [0.5, 0.6) is 11.6 Å². The van der Waals surface area contributed by atoms with Gasteiger partial charge in [0.15, 0.2) is 12.3 Å². The van der Waals surface area contributed by atoms with Gasteiger partial charge in [-0.2, -0.15) is 4.98 Å². The number of halogens is 1.